The number of benzene rings is 1. The first kappa shape index (κ1) is 14.9. The summed E-state index contributed by atoms with van der Waals surface area (Å²) < 4.78 is 0. The highest BCUT2D eigenvalue weighted by molar-refractivity contribution is 5.97. The first-order chi connectivity index (χ1) is 10.5. The highest BCUT2D eigenvalue weighted by atomic mass is 16.2. The van der Waals surface area contributed by atoms with Gasteiger partial charge in [-0.25, -0.2) is 0 Å². The van der Waals surface area contributed by atoms with Gasteiger partial charge >= 0.3 is 0 Å². The molecule has 1 aromatic rings. The molecule has 116 valence electrons. The first-order valence-electron chi connectivity index (χ1n) is 8.00. The summed E-state index contributed by atoms with van der Waals surface area (Å²) >= 11 is 0. The van der Waals surface area contributed by atoms with Crippen molar-refractivity contribution in [1.29, 1.82) is 0 Å². The van der Waals surface area contributed by atoms with E-state index in [9.17, 15) is 14.4 Å². The van der Waals surface area contributed by atoms with Crippen molar-refractivity contribution in [3.8, 4) is 0 Å². The predicted octanol–water partition coefficient (Wildman–Crippen LogP) is 3.22. The molecule has 0 radical (unpaired) electrons. The van der Waals surface area contributed by atoms with Crippen LogP contribution in [0.25, 0.3) is 0 Å². The van der Waals surface area contributed by atoms with Gasteiger partial charge in [-0.05, 0) is 56.9 Å². The Bertz CT molecular complexity index is 589. The molecule has 22 heavy (non-hydrogen) atoms. The Kier molecular flexibility index (Phi) is 4.10. The van der Waals surface area contributed by atoms with Crippen LogP contribution in [0.4, 0.5) is 5.69 Å². The van der Waals surface area contributed by atoms with Crippen molar-refractivity contribution in [2.24, 2.45) is 17.8 Å². The van der Waals surface area contributed by atoms with Crippen molar-refractivity contribution < 1.29 is 14.4 Å². The number of rotatable bonds is 3. The Hall–Kier alpha value is -1.97. The van der Waals surface area contributed by atoms with Gasteiger partial charge in [0.05, 0.1) is 0 Å². The van der Waals surface area contributed by atoms with Crippen molar-refractivity contribution in [2.75, 3.05) is 5.32 Å². The lowest BCUT2D eigenvalue weighted by Crippen LogP contribution is -2.40. The van der Waals surface area contributed by atoms with E-state index in [1.54, 1.807) is 24.3 Å². The number of carbonyl (C=O) groups is 3. The van der Waals surface area contributed by atoms with Crippen molar-refractivity contribution in [2.45, 2.75) is 39.0 Å². The summed E-state index contributed by atoms with van der Waals surface area (Å²) in [6, 6.07) is 6.95. The van der Waals surface area contributed by atoms with Crippen LogP contribution in [-0.2, 0) is 9.59 Å². The number of hydrogen-bond donors (Lipinski definition) is 1. The van der Waals surface area contributed by atoms with Crippen LogP contribution in [0.3, 0.4) is 0 Å². The Morgan fingerprint density at radius 1 is 1.05 bits per heavy atom. The molecule has 0 aliphatic heterocycles. The highest BCUT2D eigenvalue weighted by Gasteiger charge is 2.41. The second-order valence-electron chi connectivity index (χ2n) is 6.52. The quantitative estimate of drug-likeness (QED) is 0.872. The van der Waals surface area contributed by atoms with E-state index < -0.39 is 0 Å². The average molecular weight is 299 g/mol. The molecule has 2 aliphatic carbocycles. The molecule has 4 nitrogen and oxygen atoms in total. The summed E-state index contributed by atoms with van der Waals surface area (Å²) in [4.78, 5) is 35.8. The monoisotopic (exact) mass is 299 g/mol. The van der Waals surface area contributed by atoms with E-state index in [4.69, 9.17) is 0 Å². The number of anilines is 1. The highest BCUT2D eigenvalue weighted by Crippen LogP contribution is 2.40. The lowest BCUT2D eigenvalue weighted by molar-refractivity contribution is -0.136. The molecule has 0 spiro atoms. The van der Waals surface area contributed by atoms with Crippen LogP contribution >= 0.6 is 0 Å². The number of amides is 1. The summed E-state index contributed by atoms with van der Waals surface area (Å²) in [5, 5.41) is 2.92. The fraction of sp³-hybridized carbons (Fsp3) is 0.500. The Labute approximate surface area is 130 Å². The number of hydrogen-bond acceptors (Lipinski definition) is 3. The van der Waals surface area contributed by atoms with Gasteiger partial charge in [-0.2, -0.15) is 0 Å². The topological polar surface area (TPSA) is 63.2 Å². The van der Waals surface area contributed by atoms with Gasteiger partial charge < -0.3 is 5.32 Å². The number of nitrogens with one attached hydrogen (secondary N) is 1. The Balaban J connectivity index is 1.64. The molecule has 1 unspecified atom stereocenters. The molecule has 2 fully saturated rings. The summed E-state index contributed by atoms with van der Waals surface area (Å²) in [6.07, 6.45) is 4.36. The Morgan fingerprint density at radius 2 is 1.64 bits per heavy atom. The molecular weight excluding hydrogens is 278 g/mol. The summed E-state index contributed by atoms with van der Waals surface area (Å²) in [6.45, 7) is 1.52. The van der Waals surface area contributed by atoms with Crippen molar-refractivity contribution >= 4 is 23.2 Å². The predicted molar refractivity (Wildman–Crippen MR) is 83.6 cm³/mol. The summed E-state index contributed by atoms with van der Waals surface area (Å²) in [5.41, 5.74) is 1.34. The number of carbonyl (C=O) groups excluding carboxylic acids is 3. The van der Waals surface area contributed by atoms with Crippen molar-refractivity contribution in [3.63, 3.8) is 0 Å². The molecule has 3 atom stereocenters. The fourth-order valence-electron chi connectivity index (χ4n) is 3.73. The maximum absolute atomic E-state index is 12.4. The van der Waals surface area contributed by atoms with Gasteiger partial charge in [0.25, 0.3) is 0 Å². The van der Waals surface area contributed by atoms with E-state index >= 15 is 0 Å². The molecule has 1 aromatic carbocycles. The number of Topliss-reactive ketones (excluding diaryl/α,β-unsaturated/α-hetero) is 2. The van der Waals surface area contributed by atoms with Gasteiger partial charge in [0.1, 0.15) is 5.78 Å². The Morgan fingerprint density at radius 3 is 2.18 bits per heavy atom. The van der Waals surface area contributed by atoms with Crippen LogP contribution in [0, 0.1) is 17.8 Å². The lowest BCUT2D eigenvalue weighted by Gasteiger charge is -2.36. The van der Waals surface area contributed by atoms with Crippen LogP contribution in [0.5, 0.6) is 0 Å². The minimum Gasteiger partial charge on any atom is -0.326 e. The molecule has 2 aliphatic rings. The molecule has 4 heteroatoms. The summed E-state index contributed by atoms with van der Waals surface area (Å²) in [7, 11) is 0. The normalized spacial score (nSPS) is 27.3. The van der Waals surface area contributed by atoms with Gasteiger partial charge in [-0.15, -0.1) is 0 Å². The van der Waals surface area contributed by atoms with E-state index in [-0.39, 0.29) is 29.4 Å². The zero-order chi connectivity index (χ0) is 15.7. The van der Waals surface area contributed by atoms with Gasteiger partial charge in [0, 0.05) is 29.0 Å². The third-order valence-corrected chi connectivity index (χ3v) is 4.98. The van der Waals surface area contributed by atoms with Crippen LogP contribution in [0.1, 0.15) is 49.4 Å². The molecule has 0 saturated heterocycles. The second kappa shape index (κ2) is 6.03. The van der Waals surface area contributed by atoms with Crippen molar-refractivity contribution in [1.82, 2.24) is 0 Å². The van der Waals surface area contributed by atoms with Crippen LogP contribution < -0.4 is 5.32 Å². The number of ketones is 2. The third kappa shape index (κ3) is 2.96. The molecule has 0 aromatic heterocycles. The van der Waals surface area contributed by atoms with E-state index in [1.807, 2.05) is 0 Å². The smallest absolute Gasteiger partial charge is 0.227 e. The molecule has 2 bridgehead atoms. The van der Waals surface area contributed by atoms with Gasteiger partial charge in [0.15, 0.2) is 5.78 Å². The minimum absolute atomic E-state index is 0.0000231. The summed E-state index contributed by atoms with van der Waals surface area (Å²) in [5.74, 6) is 0.491. The van der Waals surface area contributed by atoms with Crippen LogP contribution in [-0.4, -0.2) is 17.5 Å². The zero-order valence-corrected chi connectivity index (χ0v) is 12.8. The van der Waals surface area contributed by atoms with E-state index in [1.165, 1.54) is 6.92 Å². The van der Waals surface area contributed by atoms with Crippen LogP contribution in [0.2, 0.25) is 0 Å². The van der Waals surface area contributed by atoms with Gasteiger partial charge in [0.2, 0.25) is 5.91 Å². The molecule has 1 amide bonds. The van der Waals surface area contributed by atoms with Gasteiger partial charge in [-0.1, -0.05) is 6.42 Å². The molecule has 1 N–H and O–H groups in total. The fourth-order valence-corrected chi connectivity index (χ4v) is 3.73. The average Bonchev–Trinajstić information content (AvgIpc) is 2.47. The molecular formula is C18H21NO3. The van der Waals surface area contributed by atoms with Crippen LogP contribution in [0.15, 0.2) is 24.3 Å². The maximum atomic E-state index is 12.4. The molecule has 3 rings (SSSR count). The first-order valence-corrected chi connectivity index (χ1v) is 8.00. The van der Waals surface area contributed by atoms with E-state index in [0.29, 0.717) is 29.9 Å². The van der Waals surface area contributed by atoms with Crippen molar-refractivity contribution in [3.05, 3.63) is 29.8 Å². The largest absolute Gasteiger partial charge is 0.326 e. The maximum Gasteiger partial charge on any atom is 0.227 e. The zero-order valence-electron chi connectivity index (χ0n) is 12.8. The SMILES string of the molecule is CC(=O)c1ccc(NC(=O)C2C[C@H]3CCC[C@@H](C2)C3=O)cc1. The molecule has 0 heterocycles. The molecule has 2 saturated carbocycles. The van der Waals surface area contributed by atoms with E-state index in [2.05, 4.69) is 5.32 Å². The van der Waals surface area contributed by atoms with Gasteiger partial charge in [-0.3, -0.25) is 14.4 Å². The third-order valence-electron chi connectivity index (χ3n) is 4.98. The lowest BCUT2D eigenvalue weighted by atomic mass is 9.67. The second-order valence-corrected chi connectivity index (χ2v) is 6.52. The van der Waals surface area contributed by atoms with E-state index in [0.717, 1.165) is 19.3 Å². The minimum atomic E-state index is -0.0690. The number of fused-ring (bicyclic) bond motifs is 2. The standard InChI is InChI=1S/C18H21NO3/c1-11(20)12-5-7-16(8-6-12)19-18(22)15-9-13-3-2-4-14(10-15)17(13)21/h5-8,13-15H,2-4,9-10H2,1H3,(H,19,22)/t13-,14+,15?.